The Morgan fingerprint density at radius 3 is 3.00 bits per heavy atom. The molecule has 0 aliphatic carbocycles. The number of amides is 1. The summed E-state index contributed by atoms with van der Waals surface area (Å²) in [4.78, 5) is 23.0. The summed E-state index contributed by atoms with van der Waals surface area (Å²) < 4.78 is 4.93. The average molecular weight is 362 g/mol. The summed E-state index contributed by atoms with van der Waals surface area (Å²) in [5.74, 6) is 1.62. The summed E-state index contributed by atoms with van der Waals surface area (Å²) in [6.45, 7) is 5.45. The van der Waals surface area contributed by atoms with E-state index in [1.165, 1.54) is 18.4 Å². The van der Waals surface area contributed by atoms with Crippen molar-refractivity contribution in [2.75, 3.05) is 32.1 Å². The lowest BCUT2D eigenvalue weighted by Gasteiger charge is -2.16. The second-order valence-corrected chi connectivity index (χ2v) is 7.05. The van der Waals surface area contributed by atoms with E-state index in [9.17, 15) is 4.79 Å². The van der Waals surface area contributed by atoms with Gasteiger partial charge < -0.3 is 15.0 Å². The van der Waals surface area contributed by atoms with Crippen molar-refractivity contribution in [1.29, 1.82) is 0 Å². The molecule has 0 bridgehead atoms. The lowest BCUT2D eigenvalue weighted by molar-refractivity contribution is -0.134. The predicted octanol–water partition coefficient (Wildman–Crippen LogP) is 1.90. The summed E-state index contributed by atoms with van der Waals surface area (Å²) in [5, 5.41) is 13.2. The van der Waals surface area contributed by atoms with Crippen LogP contribution in [-0.2, 0) is 16.0 Å². The van der Waals surface area contributed by atoms with Gasteiger partial charge in [-0.2, -0.15) is 0 Å². The number of hydrogen-bond donors (Lipinski definition) is 1. The lowest BCUT2D eigenvalue weighted by atomic mass is 10.1. The first-order valence-electron chi connectivity index (χ1n) is 8.30. The van der Waals surface area contributed by atoms with E-state index in [4.69, 9.17) is 4.74 Å². The minimum absolute atomic E-state index is 0.0111. The predicted molar refractivity (Wildman–Crippen MR) is 95.2 cm³/mol. The van der Waals surface area contributed by atoms with Gasteiger partial charge in [-0.1, -0.05) is 18.3 Å². The number of ether oxygens (including phenoxy) is 1. The molecule has 0 aromatic carbocycles. The van der Waals surface area contributed by atoms with Gasteiger partial charge >= 0.3 is 0 Å². The Hall–Kier alpha value is -2.13. The maximum Gasteiger partial charge on any atom is 0.248 e. The topological polar surface area (TPSA) is 93.1 Å². The molecule has 2 aromatic rings. The summed E-state index contributed by atoms with van der Waals surface area (Å²) in [6, 6.07) is 1.89. The van der Waals surface area contributed by atoms with E-state index in [0.717, 1.165) is 34.5 Å². The van der Waals surface area contributed by atoms with Crippen LogP contribution < -0.4 is 5.32 Å². The van der Waals surface area contributed by atoms with Crippen LogP contribution in [0.5, 0.6) is 0 Å². The average Bonchev–Trinajstić information content (AvgIpc) is 3.23. The number of nitrogens with zero attached hydrogens (tertiary/aromatic N) is 5. The Bertz CT molecular complexity index is 750. The van der Waals surface area contributed by atoms with Gasteiger partial charge in [0.25, 0.3) is 0 Å². The maximum absolute atomic E-state index is 12.0. The lowest BCUT2D eigenvalue weighted by Crippen LogP contribution is -2.31. The Labute approximate surface area is 150 Å². The fourth-order valence-corrected chi connectivity index (χ4v) is 3.49. The van der Waals surface area contributed by atoms with Gasteiger partial charge in [-0.15, -0.1) is 10.2 Å². The van der Waals surface area contributed by atoms with Gasteiger partial charge in [0, 0.05) is 37.9 Å². The molecule has 1 N–H and O–H groups in total. The van der Waals surface area contributed by atoms with E-state index in [1.807, 2.05) is 24.8 Å². The van der Waals surface area contributed by atoms with E-state index in [-0.39, 0.29) is 18.4 Å². The largest absolute Gasteiger partial charge is 0.375 e. The minimum Gasteiger partial charge on any atom is -0.375 e. The molecule has 1 aliphatic heterocycles. The van der Waals surface area contributed by atoms with Crippen molar-refractivity contribution in [2.45, 2.75) is 32.6 Å². The zero-order valence-corrected chi connectivity index (χ0v) is 15.5. The molecule has 8 nitrogen and oxygen atoms in total. The first kappa shape index (κ1) is 17.7. The second-order valence-electron chi connectivity index (χ2n) is 5.99. The van der Waals surface area contributed by atoms with E-state index in [2.05, 4.69) is 25.5 Å². The number of aryl methyl sites for hydroxylation is 2. The fraction of sp³-hybridized carbons (Fsp3) is 0.562. The number of aromatic nitrogens is 4. The van der Waals surface area contributed by atoms with Crippen molar-refractivity contribution >= 4 is 28.2 Å². The second kappa shape index (κ2) is 7.83. The molecule has 0 radical (unpaired) electrons. The third-order valence-corrected chi connectivity index (χ3v) is 5.03. The molecule has 1 saturated heterocycles. The highest BCUT2D eigenvalue weighted by Gasteiger charge is 2.29. The Kier molecular flexibility index (Phi) is 5.54. The molecule has 25 heavy (non-hydrogen) atoms. The Morgan fingerprint density at radius 2 is 2.28 bits per heavy atom. The van der Waals surface area contributed by atoms with Gasteiger partial charge in [0.15, 0.2) is 0 Å². The zero-order chi connectivity index (χ0) is 17.8. The summed E-state index contributed by atoms with van der Waals surface area (Å²) >= 11 is 1.52. The van der Waals surface area contributed by atoms with Crippen molar-refractivity contribution in [3.05, 3.63) is 22.6 Å². The molecule has 1 aliphatic rings. The fourth-order valence-electron chi connectivity index (χ4n) is 2.81. The van der Waals surface area contributed by atoms with Crippen molar-refractivity contribution in [2.24, 2.45) is 0 Å². The first-order chi connectivity index (χ1) is 12.1. The van der Waals surface area contributed by atoms with Crippen LogP contribution in [0.25, 0.3) is 0 Å². The number of rotatable bonds is 6. The van der Waals surface area contributed by atoms with Gasteiger partial charge in [-0.25, -0.2) is 9.97 Å². The maximum atomic E-state index is 12.0. The third kappa shape index (κ3) is 4.29. The SMILES string of the molecule is CCc1nnc(Nc2cc(C)nc([C@H]3CCN(C(=O)COC)C3)n2)s1. The molecular formula is C16H22N6O2S. The molecule has 0 unspecified atom stereocenters. The number of nitrogens with one attached hydrogen (secondary N) is 1. The number of carbonyl (C=O) groups is 1. The van der Waals surface area contributed by atoms with Crippen LogP contribution in [0.1, 0.15) is 35.8 Å². The van der Waals surface area contributed by atoms with Crippen LogP contribution in [0, 0.1) is 6.92 Å². The van der Waals surface area contributed by atoms with Gasteiger partial charge in [-0.3, -0.25) is 4.79 Å². The molecule has 1 fully saturated rings. The molecule has 1 atom stereocenters. The van der Waals surface area contributed by atoms with Crippen LogP contribution in [0.4, 0.5) is 10.9 Å². The number of carbonyl (C=O) groups excluding carboxylic acids is 1. The molecule has 3 rings (SSSR count). The van der Waals surface area contributed by atoms with E-state index in [0.29, 0.717) is 18.9 Å². The summed E-state index contributed by atoms with van der Waals surface area (Å²) in [5.41, 5.74) is 0.884. The highest BCUT2D eigenvalue weighted by molar-refractivity contribution is 7.15. The van der Waals surface area contributed by atoms with Crippen molar-refractivity contribution in [3.63, 3.8) is 0 Å². The molecule has 9 heteroatoms. The van der Waals surface area contributed by atoms with Crippen molar-refractivity contribution in [1.82, 2.24) is 25.1 Å². The highest BCUT2D eigenvalue weighted by atomic mass is 32.1. The quantitative estimate of drug-likeness (QED) is 0.839. The molecule has 0 saturated carbocycles. The van der Waals surface area contributed by atoms with Crippen LogP contribution in [0.15, 0.2) is 6.07 Å². The summed E-state index contributed by atoms with van der Waals surface area (Å²) in [6.07, 6.45) is 1.72. The molecule has 3 heterocycles. The Morgan fingerprint density at radius 1 is 1.44 bits per heavy atom. The smallest absolute Gasteiger partial charge is 0.248 e. The van der Waals surface area contributed by atoms with E-state index < -0.39 is 0 Å². The summed E-state index contributed by atoms with van der Waals surface area (Å²) in [7, 11) is 1.53. The monoisotopic (exact) mass is 362 g/mol. The number of anilines is 2. The number of methoxy groups -OCH3 is 1. The van der Waals surface area contributed by atoms with Crippen LogP contribution in [0.2, 0.25) is 0 Å². The van der Waals surface area contributed by atoms with Gasteiger partial charge in [-0.05, 0) is 19.8 Å². The van der Waals surface area contributed by atoms with Gasteiger partial charge in [0.1, 0.15) is 23.3 Å². The van der Waals surface area contributed by atoms with Gasteiger partial charge in [0.05, 0.1) is 0 Å². The Balaban J connectivity index is 1.72. The van der Waals surface area contributed by atoms with Crippen LogP contribution in [0.3, 0.4) is 0 Å². The van der Waals surface area contributed by atoms with E-state index in [1.54, 1.807) is 0 Å². The van der Waals surface area contributed by atoms with Crippen molar-refractivity contribution < 1.29 is 9.53 Å². The molecule has 2 aromatic heterocycles. The van der Waals surface area contributed by atoms with Crippen molar-refractivity contribution in [3.8, 4) is 0 Å². The number of likely N-dealkylation sites (tertiary alicyclic amines) is 1. The minimum atomic E-state index is 0.0111. The highest BCUT2D eigenvalue weighted by Crippen LogP contribution is 2.27. The normalized spacial score (nSPS) is 17.1. The van der Waals surface area contributed by atoms with Gasteiger partial charge in [0.2, 0.25) is 11.0 Å². The molecule has 0 spiro atoms. The molecule has 1 amide bonds. The number of hydrogen-bond acceptors (Lipinski definition) is 8. The van der Waals surface area contributed by atoms with E-state index >= 15 is 0 Å². The van der Waals surface area contributed by atoms with Crippen LogP contribution in [-0.4, -0.2) is 57.8 Å². The first-order valence-corrected chi connectivity index (χ1v) is 9.12. The molecule has 134 valence electrons. The van der Waals surface area contributed by atoms with Crippen LogP contribution >= 0.6 is 11.3 Å². The third-order valence-electron chi connectivity index (χ3n) is 4.05. The molecular weight excluding hydrogens is 340 g/mol. The standard InChI is InChI=1S/C16H22N6O2S/c1-4-13-20-21-16(25-13)19-12-7-10(2)17-15(18-12)11-5-6-22(8-11)14(23)9-24-3/h7,11H,4-6,8-9H2,1-3H3,(H,17,18,19,21)/t11-/m0/s1. The zero-order valence-electron chi connectivity index (χ0n) is 14.7.